The number of fused-ring (bicyclic) bond motifs is 2. The number of aryl methyl sites for hydroxylation is 1. The van der Waals surface area contributed by atoms with Gasteiger partial charge in [-0.1, -0.05) is 46.3 Å². The van der Waals surface area contributed by atoms with E-state index >= 15 is 0 Å². The third-order valence-electron chi connectivity index (χ3n) is 5.70. The molecule has 0 fully saturated rings. The van der Waals surface area contributed by atoms with Crippen molar-refractivity contribution in [2.45, 2.75) is 18.3 Å². The SMILES string of the molecule is Cc1nc2ccc(-c3ccc4c(c3)CN(C(=O)C3C=CC(I)=CC3Br)CCO4)cc2[nH]1. The van der Waals surface area contributed by atoms with Crippen LogP contribution in [0.4, 0.5) is 0 Å². The number of nitrogens with zero attached hydrogens (tertiary/aromatic N) is 2. The molecule has 2 atom stereocenters. The van der Waals surface area contributed by atoms with Gasteiger partial charge in [-0.2, -0.15) is 0 Å². The van der Waals surface area contributed by atoms with Crippen LogP contribution in [0.25, 0.3) is 22.2 Å². The van der Waals surface area contributed by atoms with Crippen LogP contribution in [0.2, 0.25) is 0 Å². The Bertz CT molecular complexity index is 1230. The summed E-state index contributed by atoms with van der Waals surface area (Å²) < 4.78 is 7.11. The number of hydrogen-bond acceptors (Lipinski definition) is 3. The van der Waals surface area contributed by atoms with Gasteiger partial charge in [-0.3, -0.25) is 4.79 Å². The number of carbonyl (C=O) groups is 1. The second-order valence-corrected chi connectivity index (χ2v) is 10.2. The van der Waals surface area contributed by atoms with Crippen LogP contribution in [0.15, 0.2) is 58.2 Å². The van der Waals surface area contributed by atoms with Gasteiger partial charge < -0.3 is 14.6 Å². The first kappa shape index (κ1) is 20.8. The van der Waals surface area contributed by atoms with Crippen LogP contribution >= 0.6 is 38.5 Å². The van der Waals surface area contributed by atoms with Gasteiger partial charge in [0.25, 0.3) is 0 Å². The molecule has 7 heteroatoms. The molecule has 2 unspecified atom stereocenters. The van der Waals surface area contributed by atoms with Crippen molar-refractivity contribution in [1.29, 1.82) is 0 Å². The third kappa shape index (κ3) is 4.17. The molecule has 2 heterocycles. The highest BCUT2D eigenvalue weighted by Crippen LogP contribution is 2.33. The number of nitrogens with one attached hydrogen (secondary N) is 1. The van der Waals surface area contributed by atoms with Crippen LogP contribution in [-0.2, 0) is 11.3 Å². The van der Waals surface area contributed by atoms with Crippen LogP contribution < -0.4 is 4.74 Å². The van der Waals surface area contributed by atoms with Crippen LogP contribution in [0.1, 0.15) is 11.4 Å². The molecule has 1 aromatic heterocycles. The first-order chi connectivity index (χ1) is 15.0. The second kappa shape index (κ2) is 8.43. The van der Waals surface area contributed by atoms with Gasteiger partial charge in [0, 0.05) is 20.5 Å². The van der Waals surface area contributed by atoms with Crippen molar-refractivity contribution in [2.24, 2.45) is 5.92 Å². The standard InChI is InChI=1S/C24H21BrIN3O2/c1-14-27-21-6-2-16(11-22(21)28-14)15-3-7-23-17(10-15)13-29(8-9-31-23)24(30)19-5-4-18(26)12-20(19)25/h2-7,10-12,19-20H,8-9,13H2,1H3,(H,27,28). The van der Waals surface area contributed by atoms with Crippen LogP contribution in [-0.4, -0.2) is 38.8 Å². The van der Waals surface area contributed by atoms with Crippen LogP contribution in [0, 0.1) is 12.8 Å². The number of amides is 1. The fourth-order valence-corrected chi connectivity index (χ4v) is 5.90. The summed E-state index contributed by atoms with van der Waals surface area (Å²) in [6.45, 7) is 3.57. The summed E-state index contributed by atoms with van der Waals surface area (Å²) in [5.41, 5.74) is 5.22. The third-order valence-corrected chi connectivity index (χ3v) is 7.25. The maximum absolute atomic E-state index is 13.3. The number of H-pyrrole nitrogens is 1. The van der Waals surface area contributed by atoms with Crippen molar-refractivity contribution in [3.63, 3.8) is 0 Å². The fraction of sp³-hybridized carbons (Fsp3) is 0.250. The molecular weight excluding hydrogens is 569 g/mol. The zero-order chi connectivity index (χ0) is 21.5. The topological polar surface area (TPSA) is 58.2 Å². The monoisotopic (exact) mass is 589 g/mol. The molecule has 2 aromatic carbocycles. The lowest BCUT2D eigenvalue weighted by molar-refractivity contribution is -0.134. The van der Waals surface area contributed by atoms with Crippen molar-refractivity contribution in [2.75, 3.05) is 13.2 Å². The second-order valence-electron chi connectivity index (χ2n) is 7.87. The lowest BCUT2D eigenvalue weighted by atomic mass is 9.98. The quantitative estimate of drug-likeness (QED) is 0.316. The molecule has 1 amide bonds. The van der Waals surface area contributed by atoms with Gasteiger partial charge in [0.1, 0.15) is 18.2 Å². The van der Waals surface area contributed by atoms with E-state index in [1.165, 1.54) is 0 Å². The van der Waals surface area contributed by atoms with Gasteiger partial charge in [-0.05, 0) is 64.9 Å². The maximum Gasteiger partial charge on any atom is 0.231 e. The molecule has 0 spiro atoms. The van der Waals surface area contributed by atoms with Gasteiger partial charge in [-0.15, -0.1) is 0 Å². The molecule has 5 rings (SSSR count). The summed E-state index contributed by atoms with van der Waals surface area (Å²) in [6, 6.07) is 12.5. The number of imidazole rings is 1. The van der Waals surface area contributed by atoms with E-state index in [4.69, 9.17) is 4.74 Å². The van der Waals surface area contributed by atoms with Gasteiger partial charge in [-0.25, -0.2) is 4.98 Å². The summed E-state index contributed by atoms with van der Waals surface area (Å²) in [5.74, 6) is 1.67. The van der Waals surface area contributed by atoms with E-state index in [9.17, 15) is 4.79 Å². The number of halogens is 2. The molecule has 1 N–H and O–H groups in total. The van der Waals surface area contributed by atoms with Gasteiger partial charge in [0.2, 0.25) is 5.91 Å². The van der Waals surface area contributed by atoms with E-state index in [1.54, 1.807) is 0 Å². The molecule has 1 aliphatic carbocycles. The molecule has 31 heavy (non-hydrogen) atoms. The van der Waals surface area contributed by atoms with E-state index < -0.39 is 0 Å². The Hall–Kier alpha value is -2.13. The highest BCUT2D eigenvalue weighted by Gasteiger charge is 2.30. The highest BCUT2D eigenvalue weighted by molar-refractivity contribution is 14.1. The number of rotatable bonds is 2. The van der Waals surface area contributed by atoms with E-state index in [0.29, 0.717) is 19.7 Å². The minimum Gasteiger partial charge on any atom is -0.491 e. The zero-order valence-corrected chi connectivity index (χ0v) is 20.7. The summed E-state index contributed by atoms with van der Waals surface area (Å²) in [7, 11) is 0. The Kier molecular flexibility index (Phi) is 5.64. The number of ether oxygens (including phenoxy) is 1. The number of allylic oxidation sites excluding steroid dienone is 3. The van der Waals surface area contributed by atoms with E-state index in [0.717, 1.165) is 42.9 Å². The van der Waals surface area contributed by atoms with Crippen molar-refractivity contribution < 1.29 is 9.53 Å². The first-order valence-electron chi connectivity index (χ1n) is 10.2. The van der Waals surface area contributed by atoms with E-state index in [-0.39, 0.29) is 16.7 Å². The zero-order valence-electron chi connectivity index (χ0n) is 16.9. The summed E-state index contributed by atoms with van der Waals surface area (Å²) >= 11 is 5.93. The van der Waals surface area contributed by atoms with Gasteiger partial charge in [0.15, 0.2) is 0 Å². The largest absolute Gasteiger partial charge is 0.491 e. The minimum absolute atomic E-state index is 0.0106. The van der Waals surface area contributed by atoms with Gasteiger partial charge >= 0.3 is 0 Å². The Morgan fingerprint density at radius 2 is 2.06 bits per heavy atom. The average Bonchev–Trinajstić information content (AvgIpc) is 2.98. The molecule has 0 radical (unpaired) electrons. The Balaban J connectivity index is 1.43. The average molecular weight is 590 g/mol. The predicted molar refractivity (Wildman–Crippen MR) is 135 cm³/mol. The van der Waals surface area contributed by atoms with Crippen LogP contribution in [0.5, 0.6) is 5.75 Å². The normalized spacial score (nSPS) is 20.7. The van der Waals surface area contributed by atoms with Gasteiger partial charge in [0.05, 0.1) is 23.5 Å². The van der Waals surface area contributed by atoms with Crippen LogP contribution in [0.3, 0.4) is 0 Å². The molecule has 5 nitrogen and oxygen atoms in total. The predicted octanol–water partition coefficient (Wildman–Crippen LogP) is 5.53. The molecule has 1 aliphatic heterocycles. The van der Waals surface area contributed by atoms with Crippen molar-refractivity contribution in [1.82, 2.24) is 14.9 Å². The maximum atomic E-state index is 13.3. The molecule has 0 saturated carbocycles. The first-order valence-corrected chi connectivity index (χ1v) is 12.2. The molecule has 3 aromatic rings. The molecule has 158 valence electrons. The number of carbonyl (C=O) groups excluding carboxylic acids is 1. The van der Waals surface area contributed by atoms with Crippen molar-refractivity contribution in [3.8, 4) is 16.9 Å². The summed E-state index contributed by atoms with van der Waals surface area (Å²) in [5, 5.41) is 0. The smallest absolute Gasteiger partial charge is 0.231 e. The Morgan fingerprint density at radius 3 is 2.90 bits per heavy atom. The lowest BCUT2D eigenvalue weighted by Gasteiger charge is -2.27. The summed E-state index contributed by atoms with van der Waals surface area (Å²) in [4.78, 5) is 23.0. The summed E-state index contributed by atoms with van der Waals surface area (Å²) in [6.07, 6.45) is 6.08. The number of alkyl halides is 1. The molecule has 2 aliphatic rings. The lowest BCUT2D eigenvalue weighted by Crippen LogP contribution is -2.39. The molecular formula is C24H21BrIN3O2. The Labute approximate surface area is 202 Å². The number of aromatic amines is 1. The number of benzene rings is 2. The molecule has 0 saturated heterocycles. The van der Waals surface area contributed by atoms with Crippen molar-refractivity contribution in [3.05, 3.63) is 69.6 Å². The Morgan fingerprint density at radius 1 is 1.26 bits per heavy atom. The van der Waals surface area contributed by atoms with E-state index in [1.807, 2.05) is 36.1 Å². The fourth-order valence-electron chi connectivity index (χ4n) is 4.12. The molecule has 0 bridgehead atoms. The highest BCUT2D eigenvalue weighted by atomic mass is 127. The van der Waals surface area contributed by atoms with Crippen molar-refractivity contribution >= 4 is 55.5 Å². The number of hydrogen-bond donors (Lipinski definition) is 1. The number of aromatic nitrogens is 2. The minimum atomic E-state index is -0.200. The van der Waals surface area contributed by atoms with E-state index in [2.05, 4.69) is 78.8 Å².